The Labute approximate surface area is 201 Å². The Morgan fingerprint density at radius 1 is 1.18 bits per heavy atom. The van der Waals surface area contributed by atoms with Gasteiger partial charge in [0, 0.05) is 5.75 Å². The van der Waals surface area contributed by atoms with Crippen molar-refractivity contribution in [2.45, 2.75) is 83.8 Å². The maximum absolute atomic E-state index is 11.9. The number of carboxylic acids is 1. The van der Waals surface area contributed by atoms with Gasteiger partial charge in [0.2, 0.25) is 0 Å². The molecule has 0 spiro atoms. The Morgan fingerprint density at radius 2 is 1.91 bits per heavy atom. The minimum atomic E-state index is -1.12. The molecule has 0 radical (unpaired) electrons. The predicted octanol–water partition coefficient (Wildman–Crippen LogP) is 3.57. The van der Waals surface area contributed by atoms with E-state index in [1.165, 1.54) is 18.4 Å². The number of hydrogen-bond donors (Lipinski definition) is 4. The average molecular weight is 479 g/mol. The van der Waals surface area contributed by atoms with E-state index in [0.29, 0.717) is 17.8 Å². The zero-order valence-corrected chi connectivity index (χ0v) is 20.9. The van der Waals surface area contributed by atoms with Crippen LogP contribution in [0.25, 0.3) is 0 Å². The number of carbonyl (C=O) groups excluding carboxylic acids is 1. The first-order valence-corrected chi connectivity index (χ1v) is 12.9. The van der Waals surface area contributed by atoms with E-state index < -0.39 is 23.5 Å². The Hall–Kier alpha value is -1.54. The van der Waals surface area contributed by atoms with E-state index in [1.807, 2.05) is 6.92 Å². The van der Waals surface area contributed by atoms with Crippen molar-refractivity contribution in [3.8, 4) is 0 Å². The van der Waals surface area contributed by atoms with E-state index in [2.05, 4.69) is 43.0 Å². The summed E-state index contributed by atoms with van der Waals surface area (Å²) in [4.78, 5) is 28.2. The van der Waals surface area contributed by atoms with Gasteiger partial charge in [0.25, 0.3) is 5.91 Å². The number of thiol groups is 1. The van der Waals surface area contributed by atoms with E-state index in [1.54, 1.807) is 0 Å². The minimum absolute atomic E-state index is 0.0139. The summed E-state index contributed by atoms with van der Waals surface area (Å²) in [5.74, 6) is 0.292. The first-order valence-electron chi connectivity index (χ1n) is 12.3. The van der Waals surface area contributed by atoms with Gasteiger partial charge < -0.3 is 20.4 Å². The molecule has 3 N–H and O–H groups in total. The lowest BCUT2D eigenvalue weighted by atomic mass is 9.46. The second-order valence-electron chi connectivity index (χ2n) is 11.3. The van der Waals surface area contributed by atoms with Crippen molar-refractivity contribution < 1.29 is 24.6 Å². The Bertz CT molecular complexity index is 871. The maximum atomic E-state index is 11.9. The van der Waals surface area contributed by atoms with Gasteiger partial charge in [0.1, 0.15) is 6.04 Å². The molecule has 4 aliphatic carbocycles. The van der Waals surface area contributed by atoms with E-state index in [4.69, 9.17) is 9.94 Å². The molecule has 184 valence electrons. The lowest BCUT2D eigenvalue weighted by molar-refractivity contribution is -0.141. The fourth-order valence-corrected chi connectivity index (χ4v) is 7.73. The van der Waals surface area contributed by atoms with Crippen LogP contribution in [0.2, 0.25) is 0 Å². The van der Waals surface area contributed by atoms with Crippen LogP contribution in [0.3, 0.4) is 0 Å². The quantitative estimate of drug-likeness (QED) is 0.345. The number of fused-ring (bicyclic) bond motifs is 5. The van der Waals surface area contributed by atoms with E-state index in [-0.39, 0.29) is 23.2 Å². The SMILES string of the molecule is C[C@]12CC/C(=N\OCC(=O)N[C@H](CS)C(=O)O)C=C1CC[C@@H]1[C@@H]2CC[C@@]2(C)[C@H]1CC[C@]2(C)O. The van der Waals surface area contributed by atoms with Crippen LogP contribution in [0.5, 0.6) is 0 Å². The number of rotatable bonds is 6. The Morgan fingerprint density at radius 3 is 2.61 bits per heavy atom. The molecule has 4 aliphatic rings. The Kier molecular flexibility index (Phi) is 6.64. The molecule has 4 rings (SSSR count). The average Bonchev–Trinajstić information content (AvgIpc) is 3.01. The monoisotopic (exact) mass is 478 g/mol. The summed E-state index contributed by atoms with van der Waals surface area (Å²) in [7, 11) is 0. The topological polar surface area (TPSA) is 108 Å². The molecule has 8 heteroatoms. The first-order chi connectivity index (χ1) is 15.5. The van der Waals surface area contributed by atoms with Gasteiger partial charge in [-0.3, -0.25) is 4.79 Å². The zero-order chi connectivity index (χ0) is 24.0. The van der Waals surface area contributed by atoms with Crippen LogP contribution in [-0.2, 0) is 14.4 Å². The van der Waals surface area contributed by atoms with Gasteiger partial charge in [-0.05, 0) is 93.0 Å². The molecule has 7 nitrogen and oxygen atoms in total. The highest BCUT2D eigenvalue weighted by Gasteiger charge is 2.62. The smallest absolute Gasteiger partial charge is 0.327 e. The normalized spacial score (nSPS) is 41.9. The van der Waals surface area contributed by atoms with Crippen molar-refractivity contribution in [1.29, 1.82) is 0 Å². The van der Waals surface area contributed by atoms with Gasteiger partial charge in [-0.2, -0.15) is 12.6 Å². The Balaban J connectivity index is 1.41. The van der Waals surface area contributed by atoms with Crippen LogP contribution in [-0.4, -0.2) is 51.8 Å². The summed E-state index contributed by atoms with van der Waals surface area (Å²) in [6.07, 6.45) is 10.5. The van der Waals surface area contributed by atoms with Gasteiger partial charge in [0.05, 0.1) is 11.3 Å². The lowest BCUT2D eigenvalue weighted by Gasteiger charge is -2.59. The number of oxime groups is 1. The first kappa shape index (κ1) is 24.6. The molecule has 0 bridgehead atoms. The molecule has 3 fully saturated rings. The number of nitrogens with one attached hydrogen (secondary N) is 1. The van der Waals surface area contributed by atoms with Crippen molar-refractivity contribution in [3.63, 3.8) is 0 Å². The fraction of sp³-hybridized carbons (Fsp3) is 0.800. The van der Waals surface area contributed by atoms with E-state index in [9.17, 15) is 14.7 Å². The molecule has 7 atom stereocenters. The lowest BCUT2D eigenvalue weighted by Crippen LogP contribution is -2.53. The highest BCUT2D eigenvalue weighted by atomic mass is 32.1. The molecule has 0 aromatic heterocycles. The number of carbonyl (C=O) groups is 2. The summed E-state index contributed by atoms with van der Waals surface area (Å²) in [5.41, 5.74) is 1.94. The molecule has 3 saturated carbocycles. The zero-order valence-electron chi connectivity index (χ0n) is 20.0. The van der Waals surface area contributed by atoms with Crippen molar-refractivity contribution in [2.75, 3.05) is 12.4 Å². The molecule has 0 unspecified atom stereocenters. The van der Waals surface area contributed by atoms with Crippen molar-refractivity contribution in [2.24, 2.45) is 33.7 Å². The number of carboxylic acid groups (broad SMARTS) is 1. The molecule has 1 amide bonds. The number of hydrogen-bond acceptors (Lipinski definition) is 6. The third kappa shape index (κ3) is 4.22. The van der Waals surface area contributed by atoms with Crippen molar-refractivity contribution >= 4 is 30.2 Å². The fourth-order valence-electron chi connectivity index (χ4n) is 7.48. The van der Waals surface area contributed by atoms with Crippen molar-refractivity contribution in [1.82, 2.24) is 5.32 Å². The number of nitrogens with zero attached hydrogens (tertiary/aromatic N) is 1. The summed E-state index contributed by atoms with van der Waals surface area (Å²) >= 11 is 3.94. The number of amides is 1. The second-order valence-corrected chi connectivity index (χ2v) is 11.6. The molecule has 0 heterocycles. The van der Waals surface area contributed by atoms with E-state index >= 15 is 0 Å². The van der Waals surface area contributed by atoms with Gasteiger partial charge in [-0.25, -0.2) is 4.79 Å². The van der Waals surface area contributed by atoms with Gasteiger partial charge in [0.15, 0.2) is 6.61 Å². The van der Waals surface area contributed by atoms with Crippen molar-refractivity contribution in [3.05, 3.63) is 11.6 Å². The molecular formula is C25H38N2O5S. The largest absolute Gasteiger partial charge is 0.480 e. The standard InChI is InChI=1S/C25H38N2O5S/c1-23-9-6-16(27-32-13-21(28)26-20(14-33)22(29)30)12-15(23)4-5-17-18(23)7-10-24(2)19(17)8-11-25(24,3)31/h12,17-20,31,33H,4-11,13-14H2,1-3H3,(H,26,28)(H,29,30)/b27-16+/t17-,18+,19+,20-,23+,24+,25+/m1/s1. The van der Waals surface area contributed by atoms with Gasteiger partial charge in [-0.1, -0.05) is 24.6 Å². The van der Waals surface area contributed by atoms with Crippen LogP contribution in [0.1, 0.15) is 72.1 Å². The molecule has 0 aliphatic heterocycles. The third-order valence-electron chi connectivity index (χ3n) is 9.73. The predicted molar refractivity (Wildman–Crippen MR) is 129 cm³/mol. The highest BCUT2D eigenvalue weighted by Crippen LogP contribution is 2.67. The molecule has 33 heavy (non-hydrogen) atoms. The molecular weight excluding hydrogens is 440 g/mol. The van der Waals surface area contributed by atoms with Gasteiger partial charge in [-0.15, -0.1) is 0 Å². The van der Waals surface area contributed by atoms with Crippen LogP contribution in [0.15, 0.2) is 16.8 Å². The minimum Gasteiger partial charge on any atom is -0.480 e. The summed E-state index contributed by atoms with van der Waals surface area (Å²) < 4.78 is 0. The van der Waals surface area contributed by atoms with Gasteiger partial charge >= 0.3 is 5.97 Å². The van der Waals surface area contributed by atoms with Crippen LogP contribution >= 0.6 is 12.6 Å². The molecule has 0 aromatic rings. The number of allylic oxidation sites excluding steroid dienone is 2. The highest BCUT2D eigenvalue weighted by molar-refractivity contribution is 7.80. The summed E-state index contributed by atoms with van der Waals surface area (Å²) in [5, 5.41) is 26.6. The number of aliphatic hydroxyl groups is 1. The van der Waals surface area contributed by atoms with E-state index in [0.717, 1.165) is 44.2 Å². The number of aliphatic carboxylic acids is 1. The second kappa shape index (κ2) is 8.91. The van der Waals surface area contributed by atoms with Crippen LogP contribution < -0.4 is 5.32 Å². The van der Waals surface area contributed by atoms with Crippen LogP contribution in [0, 0.1) is 28.6 Å². The summed E-state index contributed by atoms with van der Waals surface area (Å²) in [6.45, 7) is 6.47. The third-order valence-corrected chi connectivity index (χ3v) is 10.1. The summed E-state index contributed by atoms with van der Waals surface area (Å²) in [6, 6.07) is -1.04. The molecule has 0 aromatic carbocycles. The molecule has 0 saturated heterocycles. The van der Waals surface area contributed by atoms with Crippen LogP contribution in [0.4, 0.5) is 0 Å². The maximum Gasteiger partial charge on any atom is 0.327 e.